The van der Waals surface area contributed by atoms with Gasteiger partial charge in [-0.15, -0.1) is 0 Å². The zero-order valence-corrected chi connectivity index (χ0v) is 19.5. The summed E-state index contributed by atoms with van der Waals surface area (Å²) in [6.07, 6.45) is 8.64. The normalized spacial score (nSPS) is 22.1. The minimum atomic E-state index is -1.20. The summed E-state index contributed by atoms with van der Waals surface area (Å²) in [6.45, 7) is 5.47. The molecule has 0 saturated heterocycles. The fraction of sp³-hybridized carbons (Fsp3) is 0.615. The van der Waals surface area contributed by atoms with Gasteiger partial charge in [-0.05, 0) is 69.7 Å². The molecule has 1 aromatic rings. The fourth-order valence-corrected chi connectivity index (χ4v) is 3.94. The average molecular weight is 439 g/mol. The van der Waals surface area contributed by atoms with E-state index >= 15 is 0 Å². The van der Waals surface area contributed by atoms with Crippen LogP contribution < -0.4 is 4.74 Å². The summed E-state index contributed by atoms with van der Waals surface area (Å²) in [4.78, 5) is 24.7. The van der Waals surface area contributed by atoms with Gasteiger partial charge in [-0.1, -0.05) is 39.5 Å². The van der Waals surface area contributed by atoms with Gasteiger partial charge in [0.15, 0.2) is 5.41 Å². The lowest BCUT2D eigenvalue weighted by atomic mass is 9.71. The Kier molecular flexibility index (Phi) is 9.27. The average Bonchev–Trinajstić information content (AvgIpc) is 2.82. The van der Waals surface area contributed by atoms with Crippen LogP contribution in [0.5, 0.6) is 5.75 Å². The van der Waals surface area contributed by atoms with Crippen LogP contribution in [0.1, 0.15) is 95.3 Å². The first-order chi connectivity index (χ1) is 15.3. The largest absolute Gasteiger partial charge is 0.459 e. The Balaban J connectivity index is 1.87. The summed E-state index contributed by atoms with van der Waals surface area (Å²) >= 11 is 0. The van der Waals surface area contributed by atoms with Crippen molar-refractivity contribution in [2.45, 2.75) is 91.1 Å². The van der Waals surface area contributed by atoms with E-state index < -0.39 is 17.4 Å². The van der Waals surface area contributed by atoms with Crippen molar-refractivity contribution in [1.82, 2.24) is 0 Å². The number of ether oxygens (including phenoxy) is 2. The molecule has 1 unspecified atom stereocenters. The zero-order valence-electron chi connectivity index (χ0n) is 19.5. The van der Waals surface area contributed by atoms with E-state index in [2.05, 4.69) is 13.0 Å². The van der Waals surface area contributed by atoms with Crippen molar-refractivity contribution in [2.75, 3.05) is 0 Å². The van der Waals surface area contributed by atoms with E-state index in [1.165, 1.54) is 31.9 Å². The number of nitrogens with zero attached hydrogens (tertiary/aromatic N) is 2. The SMILES string of the molecule is CCCCCCC1(C#N)CCC(OC(=O)c2ccc(OC(=O)C(C)(C#N)CC)cc2)CC1. The summed E-state index contributed by atoms with van der Waals surface area (Å²) in [5.41, 5.74) is -1.11. The smallest absolute Gasteiger partial charge is 0.338 e. The molecule has 1 atom stereocenters. The molecule has 0 radical (unpaired) electrons. The molecule has 32 heavy (non-hydrogen) atoms. The molecule has 6 heteroatoms. The molecule has 0 heterocycles. The highest BCUT2D eigenvalue weighted by molar-refractivity contribution is 5.90. The first-order valence-electron chi connectivity index (χ1n) is 11.7. The second-order valence-corrected chi connectivity index (χ2v) is 9.02. The minimum Gasteiger partial charge on any atom is -0.459 e. The molecular formula is C26H34N2O4. The number of carbonyl (C=O) groups excluding carboxylic acids is 2. The molecule has 0 N–H and O–H groups in total. The van der Waals surface area contributed by atoms with Gasteiger partial charge in [-0.25, -0.2) is 9.59 Å². The number of rotatable bonds is 10. The topological polar surface area (TPSA) is 100 Å². The van der Waals surface area contributed by atoms with E-state index in [-0.39, 0.29) is 17.3 Å². The molecule has 1 aromatic carbocycles. The molecule has 6 nitrogen and oxygen atoms in total. The minimum absolute atomic E-state index is 0.182. The van der Waals surface area contributed by atoms with E-state index in [4.69, 9.17) is 9.47 Å². The van der Waals surface area contributed by atoms with Crippen molar-refractivity contribution in [3.63, 3.8) is 0 Å². The van der Waals surface area contributed by atoms with Crippen molar-refractivity contribution in [3.05, 3.63) is 29.8 Å². The maximum absolute atomic E-state index is 12.5. The fourth-order valence-electron chi connectivity index (χ4n) is 3.94. The monoisotopic (exact) mass is 438 g/mol. The first-order valence-corrected chi connectivity index (χ1v) is 11.7. The summed E-state index contributed by atoms with van der Waals surface area (Å²) in [7, 11) is 0. The summed E-state index contributed by atoms with van der Waals surface area (Å²) < 4.78 is 11.0. The molecule has 0 aromatic heterocycles. The van der Waals surface area contributed by atoms with Crippen LogP contribution in [0.4, 0.5) is 0 Å². The van der Waals surface area contributed by atoms with E-state index in [1.54, 1.807) is 19.1 Å². The third-order valence-corrected chi connectivity index (χ3v) is 6.61. The summed E-state index contributed by atoms with van der Waals surface area (Å²) in [6, 6.07) is 10.7. The lowest BCUT2D eigenvalue weighted by Gasteiger charge is -2.34. The highest BCUT2D eigenvalue weighted by Crippen LogP contribution is 2.41. The second kappa shape index (κ2) is 11.7. The molecule has 1 aliphatic rings. The summed E-state index contributed by atoms with van der Waals surface area (Å²) in [5, 5.41) is 18.9. The van der Waals surface area contributed by atoms with Crippen LogP contribution in [-0.4, -0.2) is 18.0 Å². The third kappa shape index (κ3) is 6.57. The van der Waals surface area contributed by atoms with Crippen molar-refractivity contribution in [3.8, 4) is 17.9 Å². The molecular weight excluding hydrogens is 404 g/mol. The van der Waals surface area contributed by atoms with Crippen LogP contribution in [0.2, 0.25) is 0 Å². The second-order valence-electron chi connectivity index (χ2n) is 9.02. The molecule has 2 rings (SSSR count). The van der Waals surface area contributed by atoms with Crippen LogP contribution in [0.15, 0.2) is 24.3 Å². The number of benzene rings is 1. The van der Waals surface area contributed by atoms with Gasteiger partial charge in [0.1, 0.15) is 11.9 Å². The van der Waals surface area contributed by atoms with E-state index in [1.807, 2.05) is 6.07 Å². The van der Waals surface area contributed by atoms with E-state index in [9.17, 15) is 20.1 Å². The number of hydrogen-bond acceptors (Lipinski definition) is 6. The number of unbranched alkanes of at least 4 members (excludes halogenated alkanes) is 3. The van der Waals surface area contributed by atoms with Crippen LogP contribution in [0.25, 0.3) is 0 Å². The van der Waals surface area contributed by atoms with Crippen molar-refractivity contribution in [1.29, 1.82) is 10.5 Å². The molecule has 0 bridgehead atoms. The zero-order chi connectivity index (χ0) is 23.6. The van der Waals surface area contributed by atoms with Crippen molar-refractivity contribution < 1.29 is 19.1 Å². The predicted octanol–water partition coefficient (Wildman–Crippen LogP) is 6.11. The van der Waals surface area contributed by atoms with Gasteiger partial charge in [0.25, 0.3) is 0 Å². The first kappa shape index (κ1) is 25.4. The quantitative estimate of drug-likeness (QED) is 0.248. The highest BCUT2D eigenvalue weighted by atomic mass is 16.5. The van der Waals surface area contributed by atoms with Gasteiger partial charge >= 0.3 is 11.9 Å². The van der Waals surface area contributed by atoms with Crippen molar-refractivity contribution >= 4 is 11.9 Å². The molecule has 1 aliphatic carbocycles. The number of carbonyl (C=O) groups is 2. The number of nitriles is 2. The molecule has 0 aliphatic heterocycles. The standard InChI is InChI=1S/C26H34N2O4/c1-4-6-7-8-15-26(19-28)16-13-22(14-17-26)31-23(29)20-9-11-21(12-10-20)32-24(30)25(3,5-2)18-27/h9-12,22H,4-8,13-17H2,1-3H3. The molecule has 172 valence electrons. The van der Waals surface area contributed by atoms with Gasteiger partial charge in [-0.3, -0.25) is 0 Å². The third-order valence-electron chi connectivity index (χ3n) is 6.61. The van der Waals surface area contributed by atoms with Gasteiger partial charge < -0.3 is 9.47 Å². The van der Waals surface area contributed by atoms with Gasteiger partial charge in [-0.2, -0.15) is 10.5 Å². The highest BCUT2D eigenvalue weighted by Gasteiger charge is 2.36. The molecule has 1 fully saturated rings. The van der Waals surface area contributed by atoms with Gasteiger partial charge in [0.05, 0.1) is 23.1 Å². The maximum atomic E-state index is 12.5. The number of hydrogen-bond donors (Lipinski definition) is 0. The molecule has 0 amide bonds. The lowest BCUT2D eigenvalue weighted by molar-refractivity contribution is -0.141. The van der Waals surface area contributed by atoms with Crippen molar-refractivity contribution in [2.24, 2.45) is 10.8 Å². The maximum Gasteiger partial charge on any atom is 0.338 e. The van der Waals surface area contributed by atoms with Crippen LogP contribution in [-0.2, 0) is 9.53 Å². The predicted molar refractivity (Wildman–Crippen MR) is 121 cm³/mol. The Labute approximate surface area is 191 Å². The van der Waals surface area contributed by atoms with Crippen LogP contribution in [0, 0.1) is 33.5 Å². The number of esters is 2. The van der Waals surface area contributed by atoms with E-state index in [0.29, 0.717) is 24.8 Å². The van der Waals surface area contributed by atoms with Gasteiger partial charge in [0.2, 0.25) is 0 Å². The Morgan fingerprint density at radius 3 is 2.28 bits per heavy atom. The van der Waals surface area contributed by atoms with Crippen LogP contribution >= 0.6 is 0 Å². The lowest BCUT2D eigenvalue weighted by Crippen LogP contribution is -2.31. The summed E-state index contributed by atoms with van der Waals surface area (Å²) in [5.74, 6) is -0.757. The Morgan fingerprint density at radius 1 is 1.09 bits per heavy atom. The van der Waals surface area contributed by atoms with Crippen LogP contribution in [0.3, 0.4) is 0 Å². The Morgan fingerprint density at radius 2 is 1.75 bits per heavy atom. The van der Waals surface area contributed by atoms with Gasteiger partial charge in [0, 0.05) is 0 Å². The molecule has 0 spiro atoms. The Hall–Kier alpha value is -2.86. The van der Waals surface area contributed by atoms with E-state index in [0.717, 1.165) is 32.1 Å². The molecule has 1 saturated carbocycles. The Bertz CT molecular complexity index is 857.